The summed E-state index contributed by atoms with van der Waals surface area (Å²) in [5.41, 5.74) is 3.56. The van der Waals surface area contributed by atoms with Crippen molar-refractivity contribution in [3.63, 3.8) is 0 Å². The minimum atomic E-state index is -0.368. The van der Waals surface area contributed by atoms with E-state index in [2.05, 4.69) is 4.98 Å². The Morgan fingerprint density at radius 1 is 1.19 bits per heavy atom. The summed E-state index contributed by atoms with van der Waals surface area (Å²) < 4.78 is 5.28. The molecule has 2 heterocycles. The van der Waals surface area contributed by atoms with Crippen LogP contribution in [0, 0.1) is 13.8 Å². The van der Waals surface area contributed by atoms with E-state index in [-0.39, 0.29) is 18.5 Å². The Morgan fingerprint density at radius 3 is 2.65 bits per heavy atom. The highest BCUT2D eigenvalue weighted by Crippen LogP contribution is 2.32. The molecule has 3 aromatic rings. The lowest BCUT2D eigenvalue weighted by molar-refractivity contribution is -0.115. The number of nitrogens with zero attached hydrogens (tertiary/aromatic N) is 2. The predicted octanol–water partition coefficient (Wildman–Crippen LogP) is 4.86. The lowest BCUT2D eigenvalue weighted by Gasteiger charge is -2.20. The van der Waals surface area contributed by atoms with E-state index in [1.54, 1.807) is 22.4 Å². The number of rotatable bonds is 5. The Morgan fingerprint density at radius 2 is 2.00 bits per heavy atom. The van der Waals surface area contributed by atoms with Gasteiger partial charge in [-0.1, -0.05) is 23.8 Å². The number of amides is 1. The lowest BCUT2D eigenvalue weighted by Crippen LogP contribution is -2.23. The van der Waals surface area contributed by atoms with Crippen LogP contribution in [0.3, 0.4) is 0 Å². The van der Waals surface area contributed by atoms with Crippen LogP contribution in [0.2, 0.25) is 0 Å². The number of carbonyl (C=O) groups is 2. The average Bonchev–Trinajstić information content (AvgIpc) is 3.26. The first kappa shape index (κ1) is 18.3. The summed E-state index contributed by atoms with van der Waals surface area (Å²) in [5.74, 6) is -0.485. The molecular weight excluding hydrogens is 368 g/mol. The van der Waals surface area contributed by atoms with Crippen LogP contribution in [0.1, 0.15) is 33.4 Å². The lowest BCUT2D eigenvalue weighted by atomic mass is 10.1. The van der Waals surface area contributed by atoms with Gasteiger partial charge < -0.3 is 4.74 Å². The zero-order valence-corrected chi connectivity index (χ0v) is 16.3. The molecule has 0 fully saturated rings. The third kappa shape index (κ3) is 4.00. The maximum atomic E-state index is 12.2. The molecule has 0 saturated heterocycles. The molecule has 1 aromatic carbocycles. The number of thiazole rings is 1. The molecule has 0 aliphatic carbocycles. The minimum Gasteiger partial charge on any atom is -0.455 e. The summed E-state index contributed by atoms with van der Waals surface area (Å²) in [6.07, 6.45) is 0. The average molecular weight is 386 g/mol. The van der Waals surface area contributed by atoms with E-state index in [1.807, 2.05) is 37.4 Å². The molecule has 3 rings (SSSR count). The molecule has 26 heavy (non-hydrogen) atoms. The largest absolute Gasteiger partial charge is 0.455 e. The van der Waals surface area contributed by atoms with Gasteiger partial charge in [0.15, 0.2) is 5.13 Å². The van der Waals surface area contributed by atoms with Gasteiger partial charge in [-0.2, -0.15) is 0 Å². The highest BCUT2D eigenvalue weighted by molar-refractivity contribution is 7.14. The van der Waals surface area contributed by atoms with Crippen molar-refractivity contribution in [2.45, 2.75) is 27.4 Å². The molecule has 2 aromatic heterocycles. The van der Waals surface area contributed by atoms with Crippen molar-refractivity contribution in [1.82, 2.24) is 4.98 Å². The van der Waals surface area contributed by atoms with Crippen molar-refractivity contribution in [2.24, 2.45) is 0 Å². The molecule has 0 spiro atoms. The van der Waals surface area contributed by atoms with E-state index >= 15 is 0 Å². The van der Waals surface area contributed by atoms with Crippen molar-refractivity contribution in [3.05, 3.63) is 62.8 Å². The van der Waals surface area contributed by atoms with E-state index in [4.69, 9.17) is 4.74 Å². The summed E-state index contributed by atoms with van der Waals surface area (Å²) in [7, 11) is 0. The second-order valence-electron chi connectivity index (χ2n) is 5.82. The van der Waals surface area contributed by atoms with Crippen LogP contribution in [-0.2, 0) is 16.1 Å². The van der Waals surface area contributed by atoms with Gasteiger partial charge in [0.1, 0.15) is 11.5 Å². The van der Waals surface area contributed by atoms with Crippen LogP contribution in [0.15, 0.2) is 41.1 Å². The fourth-order valence-electron chi connectivity index (χ4n) is 2.53. The summed E-state index contributed by atoms with van der Waals surface area (Å²) >= 11 is 2.68. The van der Waals surface area contributed by atoms with E-state index in [0.29, 0.717) is 15.7 Å². The van der Waals surface area contributed by atoms with Gasteiger partial charge >= 0.3 is 5.97 Å². The fraction of sp³-hybridized carbons (Fsp3) is 0.211. The van der Waals surface area contributed by atoms with Gasteiger partial charge in [-0.25, -0.2) is 9.78 Å². The Balaban J connectivity index is 1.77. The van der Waals surface area contributed by atoms with Gasteiger partial charge in [-0.05, 0) is 36.9 Å². The molecule has 1 amide bonds. The van der Waals surface area contributed by atoms with Crippen molar-refractivity contribution >= 4 is 45.4 Å². The van der Waals surface area contributed by atoms with Crippen molar-refractivity contribution < 1.29 is 14.3 Å². The van der Waals surface area contributed by atoms with Crippen LogP contribution in [0.25, 0.3) is 0 Å². The summed E-state index contributed by atoms with van der Waals surface area (Å²) in [4.78, 5) is 30.8. The summed E-state index contributed by atoms with van der Waals surface area (Å²) in [6, 6.07) is 9.44. The number of esters is 1. The third-order valence-corrected chi connectivity index (χ3v) is 5.44. The minimum absolute atomic E-state index is 0.0753. The summed E-state index contributed by atoms with van der Waals surface area (Å²) in [6.45, 7) is 5.57. The fourth-order valence-corrected chi connectivity index (χ4v) is 4.01. The predicted molar refractivity (Wildman–Crippen MR) is 104 cm³/mol. The normalized spacial score (nSPS) is 10.6. The van der Waals surface area contributed by atoms with Gasteiger partial charge in [0.2, 0.25) is 5.91 Å². The number of hydrogen-bond donors (Lipinski definition) is 0. The van der Waals surface area contributed by atoms with Crippen LogP contribution in [0.5, 0.6) is 0 Å². The highest BCUT2D eigenvalue weighted by atomic mass is 32.1. The second kappa shape index (κ2) is 7.80. The number of aryl methyl sites for hydroxylation is 2. The summed E-state index contributed by atoms with van der Waals surface area (Å²) in [5, 5.41) is 4.19. The zero-order chi connectivity index (χ0) is 18.7. The first-order valence-corrected chi connectivity index (χ1v) is 9.74. The molecule has 0 saturated carbocycles. The topological polar surface area (TPSA) is 59.5 Å². The molecular formula is C19H18N2O3S2. The maximum Gasteiger partial charge on any atom is 0.348 e. The number of hydrogen-bond acceptors (Lipinski definition) is 6. The SMILES string of the molecule is CC(=O)N(c1nc(COC(=O)c2cccs2)cs1)c1ccc(C)cc1C. The zero-order valence-electron chi connectivity index (χ0n) is 14.7. The first-order chi connectivity index (χ1) is 12.5. The molecule has 0 N–H and O–H groups in total. The smallest absolute Gasteiger partial charge is 0.348 e. The van der Waals surface area contributed by atoms with Gasteiger partial charge in [-0.3, -0.25) is 9.69 Å². The monoisotopic (exact) mass is 386 g/mol. The number of benzene rings is 1. The van der Waals surface area contributed by atoms with E-state index in [0.717, 1.165) is 16.8 Å². The van der Waals surface area contributed by atoms with Crippen LogP contribution >= 0.6 is 22.7 Å². The molecule has 134 valence electrons. The molecule has 0 aliphatic heterocycles. The van der Waals surface area contributed by atoms with Gasteiger partial charge in [0, 0.05) is 12.3 Å². The number of thiophene rings is 1. The van der Waals surface area contributed by atoms with Crippen molar-refractivity contribution in [2.75, 3.05) is 4.90 Å². The van der Waals surface area contributed by atoms with Crippen LogP contribution in [0.4, 0.5) is 10.8 Å². The number of carbonyl (C=O) groups excluding carboxylic acids is 2. The Labute approximate surface area is 159 Å². The molecule has 5 nitrogen and oxygen atoms in total. The van der Waals surface area contributed by atoms with Crippen molar-refractivity contribution in [1.29, 1.82) is 0 Å². The van der Waals surface area contributed by atoms with Crippen LogP contribution in [-0.4, -0.2) is 16.9 Å². The molecule has 0 bridgehead atoms. The standard InChI is InChI=1S/C19H18N2O3S2/c1-12-6-7-16(13(2)9-12)21(14(3)22)19-20-15(11-26-19)10-24-18(23)17-5-4-8-25-17/h4-9,11H,10H2,1-3H3. The Bertz CT molecular complexity index is 932. The number of aromatic nitrogens is 1. The van der Waals surface area contributed by atoms with Gasteiger partial charge in [0.05, 0.1) is 11.4 Å². The quantitative estimate of drug-likeness (QED) is 0.587. The molecule has 0 radical (unpaired) electrons. The molecule has 0 atom stereocenters. The van der Waals surface area contributed by atoms with Crippen molar-refractivity contribution in [3.8, 4) is 0 Å². The highest BCUT2D eigenvalue weighted by Gasteiger charge is 2.20. The van der Waals surface area contributed by atoms with Crippen LogP contribution < -0.4 is 4.90 Å². The Hall–Kier alpha value is -2.51. The van der Waals surface area contributed by atoms with E-state index in [1.165, 1.54) is 29.6 Å². The van der Waals surface area contributed by atoms with Gasteiger partial charge in [-0.15, -0.1) is 22.7 Å². The van der Waals surface area contributed by atoms with E-state index < -0.39 is 0 Å². The number of ether oxygens (including phenoxy) is 1. The third-order valence-electron chi connectivity index (χ3n) is 3.71. The molecule has 7 heteroatoms. The second-order valence-corrected chi connectivity index (χ2v) is 7.60. The molecule has 0 unspecified atom stereocenters. The van der Waals surface area contributed by atoms with Gasteiger partial charge in [0.25, 0.3) is 0 Å². The number of anilines is 2. The maximum absolute atomic E-state index is 12.2. The molecule has 0 aliphatic rings. The first-order valence-electron chi connectivity index (χ1n) is 7.98. The Kier molecular flexibility index (Phi) is 5.49. The van der Waals surface area contributed by atoms with E-state index in [9.17, 15) is 9.59 Å².